The lowest BCUT2D eigenvalue weighted by Crippen LogP contribution is -2.25. The fraction of sp³-hybridized carbons (Fsp3) is 0.333. The van der Waals surface area contributed by atoms with Crippen LogP contribution >= 0.6 is 0 Å². The van der Waals surface area contributed by atoms with E-state index in [9.17, 15) is 10.2 Å². The van der Waals surface area contributed by atoms with Gasteiger partial charge in [-0.15, -0.1) is 0 Å². The van der Waals surface area contributed by atoms with Crippen LogP contribution in [0.2, 0.25) is 0 Å². The monoisotopic (exact) mass is 270 g/mol. The molecule has 2 aromatic rings. The van der Waals surface area contributed by atoms with Crippen molar-refractivity contribution in [2.75, 3.05) is 6.61 Å². The fourth-order valence-electron chi connectivity index (χ4n) is 2.68. The first kappa shape index (κ1) is 14.8. The van der Waals surface area contributed by atoms with Crippen LogP contribution < -0.4 is 0 Å². The Bertz CT molecular complexity index is 495. The van der Waals surface area contributed by atoms with Gasteiger partial charge in [-0.1, -0.05) is 67.6 Å². The van der Waals surface area contributed by atoms with E-state index < -0.39 is 6.10 Å². The topological polar surface area (TPSA) is 40.5 Å². The molecular weight excluding hydrogens is 248 g/mol. The summed E-state index contributed by atoms with van der Waals surface area (Å²) in [5, 5.41) is 20.0. The summed E-state index contributed by atoms with van der Waals surface area (Å²) in [4.78, 5) is 0. The Balaban J connectivity index is 2.21. The molecule has 2 rings (SSSR count). The normalized spacial score (nSPS) is 15.6. The molecule has 3 unspecified atom stereocenters. The van der Waals surface area contributed by atoms with Gasteiger partial charge in [-0.05, 0) is 17.5 Å². The number of aliphatic hydroxyl groups is 2. The first-order valence-corrected chi connectivity index (χ1v) is 7.13. The van der Waals surface area contributed by atoms with Gasteiger partial charge in [0.15, 0.2) is 0 Å². The van der Waals surface area contributed by atoms with Crippen LogP contribution in [0.3, 0.4) is 0 Å². The predicted molar refractivity (Wildman–Crippen MR) is 81.7 cm³/mol. The molecule has 0 saturated heterocycles. The molecule has 2 aromatic carbocycles. The van der Waals surface area contributed by atoms with E-state index in [1.54, 1.807) is 0 Å². The summed E-state index contributed by atoms with van der Waals surface area (Å²) in [5.41, 5.74) is 2.20. The second-order valence-electron chi connectivity index (χ2n) is 5.22. The van der Waals surface area contributed by atoms with Crippen LogP contribution in [0.25, 0.3) is 0 Å². The summed E-state index contributed by atoms with van der Waals surface area (Å²) in [7, 11) is 0. The van der Waals surface area contributed by atoms with Crippen LogP contribution in [0.4, 0.5) is 0 Å². The van der Waals surface area contributed by atoms with E-state index in [0.29, 0.717) is 6.42 Å². The van der Waals surface area contributed by atoms with E-state index in [2.05, 4.69) is 0 Å². The average molecular weight is 270 g/mol. The first-order chi connectivity index (χ1) is 9.74. The van der Waals surface area contributed by atoms with Crippen LogP contribution in [0.1, 0.15) is 36.3 Å². The van der Waals surface area contributed by atoms with Gasteiger partial charge in [0.05, 0.1) is 6.10 Å². The molecule has 0 spiro atoms. The van der Waals surface area contributed by atoms with Crippen LogP contribution in [0.15, 0.2) is 60.7 Å². The smallest absolute Gasteiger partial charge is 0.0675 e. The number of benzene rings is 2. The molecule has 2 heteroatoms. The van der Waals surface area contributed by atoms with Crippen molar-refractivity contribution in [2.24, 2.45) is 0 Å². The number of aliphatic hydroxyl groups excluding tert-OH is 2. The van der Waals surface area contributed by atoms with Gasteiger partial charge < -0.3 is 10.2 Å². The van der Waals surface area contributed by atoms with Crippen molar-refractivity contribution in [2.45, 2.75) is 31.3 Å². The van der Waals surface area contributed by atoms with Gasteiger partial charge in [-0.25, -0.2) is 0 Å². The molecule has 20 heavy (non-hydrogen) atoms. The highest BCUT2D eigenvalue weighted by Crippen LogP contribution is 2.32. The van der Waals surface area contributed by atoms with Crippen LogP contribution in [-0.4, -0.2) is 22.9 Å². The zero-order valence-electron chi connectivity index (χ0n) is 11.8. The Labute approximate surface area is 120 Å². The molecule has 2 nitrogen and oxygen atoms in total. The minimum Gasteiger partial charge on any atom is -0.396 e. The van der Waals surface area contributed by atoms with Crippen molar-refractivity contribution in [1.82, 2.24) is 0 Å². The summed E-state index contributed by atoms with van der Waals surface area (Å²) in [6.45, 7) is 2.12. The summed E-state index contributed by atoms with van der Waals surface area (Å²) in [6.07, 6.45) is 0.0643. The van der Waals surface area contributed by atoms with Crippen molar-refractivity contribution in [3.05, 3.63) is 71.8 Å². The van der Waals surface area contributed by atoms with Crippen molar-refractivity contribution < 1.29 is 10.2 Å². The van der Waals surface area contributed by atoms with E-state index >= 15 is 0 Å². The van der Waals surface area contributed by atoms with Gasteiger partial charge in [-0.3, -0.25) is 0 Å². The van der Waals surface area contributed by atoms with Crippen molar-refractivity contribution >= 4 is 0 Å². The largest absolute Gasteiger partial charge is 0.396 e. The maximum atomic E-state index is 10.7. The molecule has 2 N–H and O–H groups in total. The highest BCUT2D eigenvalue weighted by Gasteiger charge is 2.26. The quantitative estimate of drug-likeness (QED) is 0.845. The first-order valence-electron chi connectivity index (χ1n) is 7.13. The van der Waals surface area contributed by atoms with Gasteiger partial charge in [0, 0.05) is 18.4 Å². The van der Waals surface area contributed by atoms with Crippen molar-refractivity contribution in [1.29, 1.82) is 0 Å². The van der Waals surface area contributed by atoms with E-state index in [1.807, 2.05) is 67.6 Å². The Hall–Kier alpha value is -1.64. The summed E-state index contributed by atoms with van der Waals surface area (Å²) in [5.74, 6) is -0.00985. The number of hydrogen-bond acceptors (Lipinski definition) is 2. The third-order valence-electron chi connectivity index (χ3n) is 3.92. The van der Waals surface area contributed by atoms with Gasteiger partial charge >= 0.3 is 0 Å². The van der Waals surface area contributed by atoms with Crippen molar-refractivity contribution in [3.8, 4) is 0 Å². The van der Waals surface area contributed by atoms with Crippen LogP contribution in [0, 0.1) is 0 Å². The molecule has 3 atom stereocenters. The zero-order valence-corrected chi connectivity index (χ0v) is 11.8. The standard InChI is InChI=1S/C18H22O2/c1-14(15-8-4-2-5-9-15)18(20)17(12-13-19)16-10-6-3-7-11-16/h2-11,14,17-20H,12-13H2,1H3. The lowest BCUT2D eigenvalue weighted by molar-refractivity contribution is 0.104. The Morgan fingerprint density at radius 3 is 1.85 bits per heavy atom. The third-order valence-corrected chi connectivity index (χ3v) is 3.92. The minimum absolute atomic E-state index is 0.0351. The highest BCUT2D eigenvalue weighted by molar-refractivity contribution is 5.25. The minimum atomic E-state index is -0.507. The summed E-state index contributed by atoms with van der Waals surface area (Å²) in [6, 6.07) is 20.0. The molecule has 0 aromatic heterocycles. The lowest BCUT2D eigenvalue weighted by atomic mass is 9.81. The third kappa shape index (κ3) is 3.47. The highest BCUT2D eigenvalue weighted by atomic mass is 16.3. The molecule has 0 aliphatic carbocycles. The Morgan fingerprint density at radius 1 is 0.850 bits per heavy atom. The van der Waals surface area contributed by atoms with Gasteiger partial charge in [0.25, 0.3) is 0 Å². The van der Waals surface area contributed by atoms with E-state index in [-0.39, 0.29) is 18.4 Å². The number of hydrogen-bond donors (Lipinski definition) is 2. The molecule has 0 aliphatic rings. The fourth-order valence-corrected chi connectivity index (χ4v) is 2.68. The van der Waals surface area contributed by atoms with Crippen LogP contribution in [0.5, 0.6) is 0 Å². The second kappa shape index (κ2) is 7.22. The molecule has 0 fully saturated rings. The molecule has 0 heterocycles. The van der Waals surface area contributed by atoms with Gasteiger partial charge in [0.2, 0.25) is 0 Å². The Morgan fingerprint density at radius 2 is 1.35 bits per heavy atom. The molecule has 0 aliphatic heterocycles. The van der Waals surface area contributed by atoms with E-state index in [4.69, 9.17) is 0 Å². The summed E-state index contributed by atoms with van der Waals surface area (Å²) < 4.78 is 0. The lowest BCUT2D eigenvalue weighted by Gasteiger charge is -2.28. The Kier molecular flexibility index (Phi) is 5.33. The van der Waals surface area contributed by atoms with E-state index in [0.717, 1.165) is 11.1 Å². The van der Waals surface area contributed by atoms with Crippen LogP contribution in [-0.2, 0) is 0 Å². The predicted octanol–water partition coefficient (Wildman–Crippen LogP) is 3.32. The second-order valence-corrected chi connectivity index (χ2v) is 5.22. The maximum Gasteiger partial charge on any atom is 0.0675 e. The summed E-state index contributed by atoms with van der Waals surface area (Å²) >= 11 is 0. The van der Waals surface area contributed by atoms with Gasteiger partial charge in [-0.2, -0.15) is 0 Å². The molecule has 0 radical (unpaired) electrons. The molecular formula is C18H22O2. The zero-order chi connectivity index (χ0) is 14.4. The number of rotatable bonds is 6. The molecule has 0 bridgehead atoms. The average Bonchev–Trinajstić information content (AvgIpc) is 2.53. The molecule has 106 valence electrons. The van der Waals surface area contributed by atoms with Crippen molar-refractivity contribution in [3.63, 3.8) is 0 Å². The van der Waals surface area contributed by atoms with Gasteiger partial charge in [0.1, 0.15) is 0 Å². The molecule has 0 saturated carbocycles. The SMILES string of the molecule is CC(c1ccccc1)C(O)C(CCO)c1ccccc1. The maximum absolute atomic E-state index is 10.7. The molecule has 0 amide bonds. The van der Waals surface area contributed by atoms with E-state index in [1.165, 1.54) is 0 Å².